The normalized spacial score (nSPS) is 19.7. The summed E-state index contributed by atoms with van der Waals surface area (Å²) in [5.41, 5.74) is 2.23. The molecule has 0 aliphatic carbocycles. The Bertz CT molecular complexity index is 895. The minimum Gasteiger partial charge on any atom is -0.373 e. The predicted octanol–water partition coefficient (Wildman–Crippen LogP) is 3.79. The molecule has 0 saturated carbocycles. The summed E-state index contributed by atoms with van der Waals surface area (Å²) in [6, 6.07) is 11.8. The van der Waals surface area contributed by atoms with Gasteiger partial charge in [-0.1, -0.05) is 35.9 Å². The average molecular weight is 418 g/mol. The predicted molar refractivity (Wildman–Crippen MR) is 111 cm³/mol. The molecule has 0 aromatic heterocycles. The zero-order valence-corrected chi connectivity index (χ0v) is 17.2. The van der Waals surface area contributed by atoms with Crippen LogP contribution < -0.4 is 5.32 Å². The monoisotopic (exact) mass is 417 g/mol. The number of morpholine rings is 1. The first-order valence-electron chi connectivity index (χ1n) is 9.50. The molecule has 0 radical (unpaired) electrons. The Morgan fingerprint density at radius 1 is 1.21 bits per heavy atom. The van der Waals surface area contributed by atoms with Crippen LogP contribution in [0.15, 0.2) is 42.5 Å². The SMILES string of the molecule is CC1CN(Cc2ccccc2CNC(=O)c2ccc([N+](=O)[O-])cc2Cl)CC(C)O1. The maximum atomic E-state index is 12.5. The van der Waals surface area contributed by atoms with Crippen LogP contribution in [0.25, 0.3) is 0 Å². The first-order chi connectivity index (χ1) is 13.8. The molecule has 2 atom stereocenters. The molecule has 1 aliphatic heterocycles. The van der Waals surface area contributed by atoms with E-state index in [4.69, 9.17) is 16.3 Å². The molecule has 1 aliphatic rings. The molecule has 1 heterocycles. The number of ether oxygens (including phenoxy) is 1. The second-order valence-corrected chi connectivity index (χ2v) is 7.73. The highest BCUT2D eigenvalue weighted by Gasteiger charge is 2.23. The fraction of sp³-hybridized carbons (Fsp3) is 0.381. The van der Waals surface area contributed by atoms with Crippen molar-refractivity contribution < 1.29 is 14.5 Å². The van der Waals surface area contributed by atoms with Gasteiger partial charge in [0, 0.05) is 38.3 Å². The number of non-ortho nitro benzene ring substituents is 1. The van der Waals surface area contributed by atoms with Crippen LogP contribution >= 0.6 is 11.6 Å². The third-order valence-electron chi connectivity index (χ3n) is 4.86. The molecule has 2 unspecified atom stereocenters. The highest BCUT2D eigenvalue weighted by molar-refractivity contribution is 6.34. The summed E-state index contributed by atoms with van der Waals surface area (Å²) in [5.74, 6) is -0.367. The Labute approximate surface area is 174 Å². The molecule has 29 heavy (non-hydrogen) atoms. The largest absolute Gasteiger partial charge is 0.373 e. The van der Waals surface area contributed by atoms with E-state index in [1.54, 1.807) is 0 Å². The number of nitro groups is 1. The Morgan fingerprint density at radius 2 is 1.86 bits per heavy atom. The van der Waals surface area contributed by atoms with Gasteiger partial charge in [0.05, 0.1) is 27.7 Å². The van der Waals surface area contributed by atoms with Crippen molar-refractivity contribution in [1.29, 1.82) is 0 Å². The quantitative estimate of drug-likeness (QED) is 0.571. The number of rotatable bonds is 6. The number of hydrogen-bond donors (Lipinski definition) is 1. The van der Waals surface area contributed by atoms with Crippen molar-refractivity contribution >= 4 is 23.2 Å². The smallest absolute Gasteiger partial charge is 0.270 e. The van der Waals surface area contributed by atoms with Crippen LogP contribution in [0.4, 0.5) is 5.69 Å². The molecule has 1 fully saturated rings. The van der Waals surface area contributed by atoms with Crippen molar-refractivity contribution in [3.63, 3.8) is 0 Å². The van der Waals surface area contributed by atoms with Crippen molar-refractivity contribution in [2.24, 2.45) is 0 Å². The molecular formula is C21H24ClN3O4. The lowest BCUT2D eigenvalue weighted by Gasteiger charge is -2.35. The highest BCUT2D eigenvalue weighted by Crippen LogP contribution is 2.23. The second kappa shape index (κ2) is 9.35. The van der Waals surface area contributed by atoms with Crippen molar-refractivity contribution in [2.75, 3.05) is 13.1 Å². The maximum Gasteiger partial charge on any atom is 0.270 e. The number of carbonyl (C=O) groups excluding carboxylic acids is 1. The van der Waals surface area contributed by atoms with Crippen molar-refractivity contribution in [3.8, 4) is 0 Å². The molecule has 1 N–H and O–H groups in total. The number of halogens is 1. The van der Waals surface area contributed by atoms with E-state index in [-0.39, 0.29) is 34.4 Å². The summed E-state index contributed by atoms with van der Waals surface area (Å²) >= 11 is 6.05. The summed E-state index contributed by atoms with van der Waals surface area (Å²) in [4.78, 5) is 25.1. The Morgan fingerprint density at radius 3 is 2.48 bits per heavy atom. The zero-order valence-electron chi connectivity index (χ0n) is 16.4. The second-order valence-electron chi connectivity index (χ2n) is 7.32. The Kier molecular flexibility index (Phi) is 6.84. The Balaban J connectivity index is 1.67. The van der Waals surface area contributed by atoms with Gasteiger partial charge in [-0.15, -0.1) is 0 Å². The van der Waals surface area contributed by atoms with Gasteiger partial charge in [0.1, 0.15) is 0 Å². The topological polar surface area (TPSA) is 84.7 Å². The summed E-state index contributed by atoms with van der Waals surface area (Å²) in [6.07, 6.45) is 0.379. The molecule has 0 spiro atoms. The average Bonchev–Trinajstić information content (AvgIpc) is 2.66. The van der Waals surface area contributed by atoms with E-state index in [2.05, 4.69) is 30.1 Å². The van der Waals surface area contributed by atoms with Gasteiger partial charge < -0.3 is 10.1 Å². The summed E-state index contributed by atoms with van der Waals surface area (Å²) in [5, 5.41) is 13.7. The van der Waals surface area contributed by atoms with E-state index in [9.17, 15) is 14.9 Å². The number of nitrogens with one attached hydrogen (secondary N) is 1. The fourth-order valence-corrected chi connectivity index (χ4v) is 3.87. The van der Waals surface area contributed by atoms with Crippen LogP contribution in [-0.4, -0.2) is 41.0 Å². The lowest BCUT2D eigenvalue weighted by molar-refractivity contribution is -0.384. The molecule has 8 heteroatoms. The zero-order chi connectivity index (χ0) is 21.0. The number of nitro benzene ring substituents is 1. The number of carbonyl (C=O) groups is 1. The van der Waals surface area contributed by atoms with Gasteiger partial charge in [-0.05, 0) is 31.0 Å². The van der Waals surface area contributed by atoms with E-state index in [1.807, 2.05) is 18.2 Å². The summed E-state index contributed by atoms with van der Waals surface area (Å²) in [6.45, 7) is 7.00. The van der Waals surface area contributed by atoms with E-state index in [1.165, 1.54) is 18.2 Å². The summed E-state index contributed by atoms with van der Waals surface area (Å²) in [7, 11) is 0. The number of amides is 1. The van der Waals surface area contributed by atoms with Gasteiger partial charge >= 0.3 is 0 Å². The third kappa shape index (κ3) is 5.53. The van der Waals surface area contributed by atoms with Crippen LogP contribution in [-0.2, 0) is 17.8 Å². The van der Waals surface area contributed by atoms with Gasteiger partial charge in [-0.3, -0.25) is 19.8 Å². The Hall–Kier alpha value is -2.48. The molecular weight excluding hydrogens is 394 g/mol. The minimum atomic E-state index is -0.544. The first kappa shape index (κ1) is 21.2. The van der Waals surface area contributed by atoms with E-state index >= 15 is 0 Å². The van der Waals surface area contributed by atoms with E-state index in [0.717, 1.165) is 30.8 Å². The standard InChI is InChI=1S/C21H24ClN3O4/c1-14-11-24(12-15(2)29-14)13-17-6-4-3-5-16(17)10-23-21(26)19-8-7-18(25(27)28)9-20(19)22/h3-9,14-15H,10-13H2,1-2H3,(H,23,26). The van der Waals surface area contributed by atoms with Crippen molar-refractivity contribution in [3.05, 3.63) is 74.3 Å². The molecule has 1 amide bonds. The molecule has 2 aromatic carbocycles. The van der Waals surface area contributed by atoms with Gasteiger partial charge in [-0.25, -0.2) is 0 Å². The number of benzene rings is 2. The first-order valence-corrected chi connectivity index (χ1v) is 9.88. The lowest BCUT2D eigenvalue weighted by Crippen LogP contribution is -2.45. The number of nitrogens with zero attached hydrogens (tertiary/aromatic N) is 2. The van der Waals surface area contributed by atoms with Gasteiger partial charge in [0.2, 0.25) is 0 Å². The van der Waals surface area contributed by atoms with E-state index in [0.29, 0.717) is 6.54 Å². The fourth-order valence-electron chi connectivity index (χ4n) is 3.61. The van der Waals surface area contributed by atoms with Crippen LogP contribution in [0.5, 0.6) is 0 Å². The molecule has 3 rings (SSSR count). The number of hydrogen-bond acceptors (Lipinski definition) is 5. The van der Waals surface area contributed by atoms with Crippen LogP contribution in [0.1, 0.15) is 35.3 Å². The van der Waals surface area contributed by atoms with Crippen molar-refractivity contribution in [2.45, 2.75) is 39.1 Å². The van der Waals surface area contributed by atoms with Gasteiger partial charge in [0.15, 0.2) is 0 Å². The van der Waals surface area contributed by atoms with Crippen LogP contribution in [0.3, 0.4) is 0 Å². The molecule has 0 bridgehead atoms. The lowest BCUT2D eigenvalue weighted by atomic mass is 10.1. The van der Waals surface area contributed by atoms with E-state index < -0.39 is 4.92 Å². The maximum absolute atomic E-state index is 12.5. The van der Waals surface area contributed by atoms with Gasteiger partial charge in [0.25, 0.3) is 11.6 Å². The molecule has 2 aromatic rings. The van der Waals surface area contributed by atoms with Gasteiger partial charge in [-0.2, -0.15) is 0 Å². The molecule has 1 saturated heterocycles. The van der Waals surface area contributed by atoms with Crippen molar-refractivity contribution in [1.82, 2.24) is 10.2 Å². The highest BCUT2D eigenvalue weighted by atomic mass is 35.5. The van der Waals surface area contributed by atoms with Crippen LogP contribution in [0.2, 0.25) is 5.02 Å². The van der Waals surface area contributed by atoms with Crippen LogP contribution in [0, 0.1) is 10.1 Å². The molecule has 7 nitrogen and oxygen atoms in total. The third-order valence-corrected chi connectivity index (χ3v) is 5.17. The minimum absolute atomic E-state index is 0.0567. The summed E-state index contributed by atoms with van der Waals surface area (Å²) < 4.78 is 5.79. The molecule has 154 valence electrons.